The highest BCUT2D eigenvalue weighted by atomic mass is 16.5. The predicted octanol–water partition coefficient (Wildman–Crippen LogP) is 1.76. The second kappa shape index (κ2) is 7.06. The summed E-state index contributed by atoms with van der Waals surface area (Å²) in [5.41, 5.74) is 2.68. The molecule has 0 bridgehead atoms. The van der Waals surface area contributed by atoms with E-state index in [1.54, 1.807) is 7.11 Å². The monoisotopic (exact) mass is 314 g/mol. The van der Waals surface area contributed by atoms with Gasteiger partial charge in [0.25, 0.3) is 0 Å². The molecule has 23 heavy (non-hydrogen) atoms. The summed E-state index contributed by atoms with van der Waals surface area (Å²) in [5.74, 6) is 0.428. The van der Waals surface area contributed by atoms with E-state index >= 15 is 0 Å². The molecule has 1 amide bonds. The molecule has 1 saturated heterocycles. The van der Waals surface area contributed by atoms with Crippen LogP contribution < -0.4 is 0 Å². The summed E-state index contributed by atoms with van der Waals surface area (Å²) in [5, 5.41) is 10.7. The van der Waals surface area contributed by atoms with Gasteiger partial charge in [0.2, 0.25) is 5.91 Å². The van der Waals surface area contributed by atoms with Gasteiger partial charge in [-0.2, -0.15) is 0 Å². The molecule has 1 atom stereocenters. The Labute approximate surface area is 135 Å². The highest BCUT2D eigenvalue weighted by molar-refractivity contribution is 5.80. The van der Waals surface area contributed by atoms with E-state index in [1.165, 1.54) is 0 Å². The molecule has 1 fully saturated rings. The van der Waals surface area contributed by atoms with E-state index in [9.17, 15) is 9.90 Å². The molecule has 5 heteroatoms. The number of rotatable bonds is 6. The summed E-state index contributed by atoms with van der Waals surface area (Å²) in [6.07, 6.45) is 1.26. The Balaban J connectivity index is 1.77. The Kier molecular flexibility index (Phi) is 4.88. The lowest BCUT2D eigenvalue weighted by molar-refractivity contribution is -0.128. The van der Waals surface area contributed by atoms with Gasteiger partial charge in [-0.05, 0) is 30.0 Å². The minimum Gasteiger partial charge on any atom is -0.392 e. The van der Waals surface area contributed by atoms with Crippen LogP contribution in [0.15, 0.2) is 30.3 Å². The molecule has 1 aliphatic rings. The first-order chi connectivity index (χ1) is 11.2. The maximum Gasteiger partial charge on any atom is 0.223 e. The minimum atomic E-state index is -0.0266. The Morgan fingerprint density at radius 1 is 1.39 bits per heavy atom. The average Bonchev–Trinajstić information content (AvgIpc) is 2.91. The summed E-state index contributed by atoms with van der Waals surface area (Å²) in [6.45, 7) is 1.92. The summed E-state index contributed by atoms with van der Waals surface area (Å²) in [6, 6.07) is 9.90. The van der Waals surface area contributed by atoms with E-state index in [2.05, 4.69) is 0 Å². The lowest BCUT2D eigenvalue weighted by Crippen LogP contribution is -2.29. The SMILES string of the molecule is COCCN1CC(Cc2nc3ccccc3cc2CO)CC1=O. The van der Waals surface area contributed by atoms with Crippen LogP contribution >= 0.6 is 0 Å². The molecular weight excluding hydrogens is 292 g/mol. The van der Waals surface area contributed by atoms with Crippen LogP contribution in [0.3, 0.4) is 0 Å². The number of aromatic nitrogens is 1. The molecule has 1 aliphatic heterocycles. The normalized spacial score (nSPS) is 18.1. The quantitative estimate of drug-likeness (QED) is 0.882. The van der Waals surface area contributed by atoms with E-state index in [-0.39, 0.29) is 18.4 Å². The van der Waals surface area contributed by atoms with Crippen molar-refractivity contribution in [2.24, 2.45) is 5.92 Å². The first kappa shape index (κ1) is 15.9. The molecular formula is C18H22N2O3. The zero-order valence-electron chi connectivity index (χ0n) is 13.4. The topological polar surface area (TPSA) is 62.7 Å². The average molecular weight is 314 g/mol. The van der Waals surface area contributed by atoms with E-state index < -0.39 is 0 Å². The Bertz CT molecular complexity index is 702. The number of carbonyl (C=O) groups is 1. The molecule has 1 aromatic carbocycles. The summed E-state index contributed by atoms with van der Waals surface area (Å²) >= 11 is 0. The number of methoxy groups -OCH3 is 1. The molecule has 3 rings (SSSR count). The van der Waals surface area contributed by atoms with Gasteiger partial charge in [-0.15, -0.1) is 0 Å². The van der Waals surface area contributed by atoms with Crippen molar-refractivity contribution in [2.45, 2.75) is 19.4 Å². The summed E-state index contributed by atoms with van der Waals surface area (Å²) in [7, 11) is 1.64. The number of aliphatic hydroxyl groups is 1. The highest BCUT2D eigenvalue weighted by Gasteiger charge is 2.30. The van der Waals surface area contributed by atoms with Crippen LogP contribution in [0.1, 0.15) is 17.7 Å². The van der Waals surface area contributed by atoms with Crippen LogP contribution in [0.25, 0.3) is 10.9 Å². The van der Waals surface area contributed by atoms with Crippen molar-refractivity contribution in [3.8, 4) is 0 Å². The number of para-hydroxylation sites is 1. The van der Waals surface area contributed by atoms with Crippen molar-refractivity contribution in [3.05, 3.63) is 41.6 Å². The van der Waals surface area contributed by atoms with Crippen LogP contribution in [-0.2, 0) is 22.6 Å². The van der Waals surface area contributed by atoms with Gasteiger partial charge < -0.3 is 14.7 Å². The van der Waals surface area contributed by atoms with Gasteiger partial charge in [-0.1, -0.05) is 18.2 Å². The minimum absolute atomic E-state index is 0.0266. The molecule has 0 radical (unpaired) electrons. The van der Waals surface area contributed by atoms with E-state index in [4.69, 9.17) is 9.72 Å². The summed E-state index contributed by atoms with van der Waals surface area (Å²) < 4.78 is 5.05. The van der Waals surface area contributed by atoms with Crippen molar-refractivity contribution in [1.29, 1.82) is 0 Å². The number of carbonyl (C=O) groups excluding carboxylic acids is 1. The number of hydrogen-bond donors (Lipinski definition) is 1. The molecule has 5 nitrogen and oxygen atoms in total. The number of nitrogens with zero attached hydrogens (tertiary/aromatic N) is 2. The van der Waals surface area contributed by atoms with Gasteiger partial charge in [0.05, 0.1) is 18.7 Å². The Morgan fingerprint density at radius 2 is 2.22 bits per heavy atom. The van der Waals surface area contributed by atoms with Crippen molar-refractivity contribution < 1.29 is 14.6 Å². The molecule has 1 aromatic heterocycles. The van der Waals surface area contributed by atoms with Gasteiger partial charge in [-0.25, -0.2) is 0 Å². The third-order valence-corrected chi connectivity index (χ3v) is 4.40. The standard InChI is InChI=1S/C18H22N2O3/c1-23-7-6-20-11-13(9-18(20)22)8-17-15(12-21)10-14-4-2-3-5-16(14)19-17/h2-5,10,13,21H,6-9,11-12H2,1H3. The molecule has 0 aliphatic carbocycles. The van der Waals surface area contributed by atoms with Crippen molar-refractivity contribution in [2.75, 3.05) is 26.8 Å². The van der Waals surface area contributed by atoms with E-state index in [1.807, 2.05) is 35.2 Å². The van der Waals surface area contributed by atoms with Gasteiger partial charge >= 0.3 is 0 Å². The number of amides is 1. The fourth-order valence-electron chi connectivity index (χ4n) is 3.19. The highest BCUT2D eigenvalue weighted by Crippen LogP contribution is 2.25. The van der Waals surface area contributed by atoms with Crippen LogP contribution in [0.2, 0.25) is 0 Å². The van der Waals surface area contributed by atoms with Crippen LogP contribution in [-0.4, -0.2) is 47.7 Å². The first-order valence-corrected chi connectivity index (χ1v) is 7.96. The van der Waals surface area contributed by atoms with Crippen LogP contribution in [0.5, 0.6) is 0 Å². The molecule has 0 saturated carbocycles. The van der Waals surface area contributed by atoms with Crippen molar-refractivity contribution in [3.63, 3.8) is 0 Å². The van der Waals surface area contributed by atoms with Gasteiger partial charge in [-0.3, -0.25) is 9.78 Å². The van der Waals surface area contributed by atoms with Gasteiger partial charge in [0.15, 0.2) is 0 Å². The predicted molar refractivity (Wildman–Crippen MR) is 87.9 cm³/mol. The summed E-state index contributed by atoms with van der Waals surface area (Å²) in [4.78, 5) is 18.6. The van der Waals surface area contributed by atoms with Gasteiger partial charge in [0, 0.05) is 37.7 Å². The molecule has 1 N–H and O–H groups in total. The fourth-order valence-corrected chi connectivity index (χ4v) is 3.19. The molecule has 122 valence electrons. The molecule has 1 unspecified atom stereocenters. The van der Waals surface area contributed by atoms with Crippen LogP contribution in [0.4, 0.5) is 0 Å². The van der Waals surface area contributed by atoms with E-state index in [0.717, 1.165) is 35.1 Å². The lowest BCUT2D eigenvalue weighted by atomic mass is 9.98. The maximum absolute atomic E-state index is 12.0. The number of ether oxygens (including phenoxy) is 1. The number of benzene rings is 1. The first-order valence-electron chi connectivity index (χ1n) is 7.96. The third-order valence-electron chi connectivity index (χ3n) is 4.40. The number of hydrogen-bond acceptors (Lipinski definition) is 4. The molecule has 2 heterocycles. The molecule has 2 aromatic rings. The second-order valence-corrected chi connectivity index (χ2v) is 6.05. The Hall–Kier alpha value is -1.98. The number of fused-ring (bicyclic) bond motifs is 1. The maximum atomic E-state index is 12.0. The zero-order valence-corrected chi connectivity index (χ0v) is 13.4. The van der Waals surface area contributed by atoms with Gasteiger partial charge in [0.1, 0.15) is 0 Å². The number of likely N-dealkylation sites (tertiary alicyclic amines) is 1. The zero-order chi connectivity index (χ0) is 16.2. The van der Waals surface area contributed by atoms with Crippen molar-refractivity contribution in [1.82, 2.24) is 9.88 Å². The molecule has 0 spiro atoms. The number of aliphatic hydroxyl groups excluding tert-OH is 1. The number of pyridine rings is 1. The smallest absolute Gasteiger partial charge is 0.223 e. The third kappa shape index (κ3) is 3.51. The van der Waals surface area contributed by atoms with E-state index in [0.29, 0.717) is 19.6 Å². The van der Waals surface area contributed by atoms with Crippen molar-refractivity contribution >= 4 is 16.8 Å². The lowest BCUT2D eigenvalue weighted by Gasteiger charge is -2.16. The fraction of sp³-hybridized carbons (Fsp3) is 0.444. The second-order valence-electron chi connectivity index (χ2n) is 6.05. The van der Waals surface area contributed by atoms with Crippen LogP contribution in [0, 0.1) is 5.92 Å². The Morgan fingerprint density at radius 3 is 3.00 bits per heavy atom. The largest absolute Gasteiger partial charge is 0.392 e.